The van der Waals surface area contributed by atoms with Crippen molar-refractivity contribution < 1.29 is 18.3 Å². The molecular weight excluding hydrogens is 434 g/mol. The van der Waals surface area contributed by atoms with Crippen LogP contribution in [0.1, 0.15) is 39.7 Å². The number of carbonyl (C=O) groups is 1. The zero-order chi connectivity index (χ0) is 22.3. The number of rotatable bonds is 10. The fourth-order valence-electron chi connectivity index (χ4n) is 3.35. The molecule has 0 aliphatic heterocycles. The summed E-state index contributed by atoms with van der Waals surface area (Å²) in [6.07, 6.45) is 3.53. The van der Waals surface area contributed by atoms with Gasteiger partial charge in [0.2, 0.25) is 0 Å². The molecule has 166 valence electrons. The van der Waals surface area contributed by atoms with Crippen LogP contribution in [-0.4, -0.2) is 27.5 Å². The minimum atomic E-state index is -2.92. The zero-order valence-electron chi connectivity index (χ0n) is 17.2. The smallest absolute Gasteiger partial charge is 0.387 e. The van der Waals surface area contributed by atoms with E-state index < -0.39 is 6.61 Å². The predicted molar refractivity (Wildman–Crippen MR) is 119 cm³/mol. The Morgan fingerprint density at radius 3 is 2.69 bits per heavy atom. The Bertz CT molecular complexity index is 1160. The zero-order valence-corrected chi connectivity index (χ0v) is 18.0. The minimum Gasteiger partial charge on any atom is -0.434 e. The van der Waals surface area contributed by atoms with Crippen molar-refractivity contribution in [3.63, 3.8) is 0 Å². The van der Waals surface area contributed by atoms with Gasteiger partial charge in [0.15, 0.2) is 0 Å². The lowest BCUT2D eigenvalue weighted by atomic mass is 10.2. The summed E-state index contributed by atoms with van der Waals surface area (Å²) in [7, 11) is 0. The second kappa shape index (κ2) is 10.3. The molecule has 0 saturated carbocycles. The number of hydrogen-bond acceptors (Lipinski definition) is 5. The summed E-state index contributed by atoms with van der Waals surface area (Å²) < 4.78 is 29.5. The number of amides is 1. The molecule has 9 heteroatoms. The van der Waals surface area contributed by atoms with Crippen LogP contribution in [0.5, 0.6) is 5.75 Å². The lowest BCUT2D eigenvalue weighted by Gasteiger charge is -2.10. The molecule has 6 nitrogen and oxygen atoms in total. The van der Waals surface area contributed by atoms with Crippen LogP contribution in [0.15, 0.2) is 53.9 Å². The van der Waals surface area contributed by atoms with Crippen molar-refractivity contribution >= 4 is 28.3 Å². The number of benzene rings is 2. The predicted octanol–water partition coefficient (Wildman–Crippen LogP) is 5.12. The summed E-state index contributed by atoms with van der Waals surface area (Å²) in [6, 6.07) is 14.3. The van der Waals surface area contributed by atoms with E-state index >= 15 is 0 Å². The van der Waals surface area contributed by atoms with Crippen LogP contribution >= 0.6 is 11.3 Å². The lowest BCUT2D eigenvalue weighted by molar-refractivity contribution is -0.0504. The van der Waals surface area contributed by atoms with E-state index in [2.05, 4.69) is 25.0 Å². The highest BCUT2D eigenvalue weighted by atomic mass is 32.1. The highest BCUT2D eigenvalue weighted by Crippen LogP contribution is 2.20. The first-order valence-electron chi connectivity index (χ1n) is 10.3. The molecule has 0 aliphatic rings. The Labute approximate surface area is 187 Å². The molecule has 2 aromatic carbocycles. The van der Waals surface area contributed by atoms with E-state index in [0.29, 0.717) is 11.3 Å². The fraction of sp³-hybridized carbons (Fsp3) is 0.261. The Hall–Kier alpha value is -3.33. The van der Waals surface area contributed by atoms with Gasteiger partial charge in [-0.2, -0.15) is 8.78 Å². The SMILES string of the molecule is O=C(NCc1ccccc1OC(F)F)c1csc(CCCCc2nc3ccccc3[nH]2)n1. The molecule has 2 heterocycles. The summed E-state index contributed by atoms with van der Waals surface area (Å²) in [6.45, 7) is -2.84. The van der Waals surface area contributed by atoms with E-state index in [1.54, 1.807) is 23.6 Å². The van der Waals surface area contributed by atoms with Crippen molar-refractivity contribution in [2.24, 2.45) is 0 Å². The van der Waals surface area contributed by atoms with Gasteiger partial charge in [-0.25, -0.2) is 9.97 Å². The Morgan fingerprint density at radius 2 is 1.84 bits per heavy atom. The molecular formula is C23H22F2N4O2S. The normalized spacial score (nSPS) is 11.2. The van der Waals surface area contributed by atoms with Crippen molar-refractivity contribution in [1.29, 1.82) is 0 Å². The summed E-state index contributed by atoms with van der Waals surface area (Å²) in [5.74, 6) is 0.675. The molecule has 0 unspecified atom stereocenters. The molecule has 32 heavy (non-hydrogen) atoms. The Morgan fingerprint density at radius 1 is 1.06 bits per heavy atom. The maximum atomic E-state index is 12.5. The third-order valence-corrected chi connectivity index (χ3v) is 5.81. The van der Waals surface area contributed by atoms with Gasteiger partial charge < -0.3 is 15.0 Å². The third-order valence-electron chi connectivity index (χ3n) is 4.91. The van der Waals surface area contributed by atoms with Gasteiger partial charge in [-0.3, -0.25) is 4.79 Å². The van der Waals surface area contributed by atoms with E-state index in [0.717, 1.165) is 47.5 Å². The first kappa shape index (κ1) is 21.9. The number of hydrogen-bond donors (Lipinski definition) is 2. The highest BCUT2D eigenvalue weighted by Gasteiger charge is 2.13. The number of alkyl halides is 2. The molecule has 0 spiro atoms. The third kappa shape index (κ3) is 5.67. The van der Waals surface area contributed by atoms with Crippen LogP contribution in [0, 0.1) is 0 Å². The molecule has 1 amide bonds. The second-order valence-electron chi connectivity index (χ2n) is 7.20. The topological polar surface area (TPSA) is 79.9 Å². The van der Waals surface area contributed by atoms with Gasteiger partial charge in [0.05, 0.1) is 16.0 Å². The number of ether oxygens (including phenoxy) is 1. The number of imidazole rings is 1. The van der Waals surface area contributed by atoms with E-state index in [1.165, 1.54) is 17.4 Å². The Kier molecular flexibility index (Phi) is 7.06. The van der Waals surface area contributed by atoms with Crippen molar-refractivity contribution in [3.05, 3.63) is 76.0 Å². The van der Waals surface area contributed by atoms with Crippen molar-refractivity contribution in [2.75, 3.05) is 0 Å². The van der Waals surface area contributed by atoms with Gasteiger partial charge in [-0.15, -0.1) is 11.3 Å². The number of fused-ring (bicyclic) bond motifs is 1. The number of aromatic nitrogens is 3. The van der Waals surface area contributed by atoms with Crippen LogP contribution in [-0.2, 0) is 19.4 Å². The summed E-state index contributed by atoms with van der Waals surface area (Å²) in [5, 5.41) is 5.32. The van der Waals surface area contributed by atoms with Crippen LogP contribution in [0.25, 0.3) is 11.0 Å². The maximum Gasteiger partial charge on any atom is 0.387 e. The molecule has 2 aromatic heterocycles. The number of H-pyrrole nitrogens is 1. The number of para-hydroxylation sites is 3. The molecule has 4 rings (SSSR count). The van der Waals surface area contributed by atoms with Gasteiger partial charge in [-0.05, 0) is 37.5 Å². The van der Waals surface area contributed by atoms with Crippen molar-refractivity contribution in [2.45, 2.75) is 38.8 Å². The van der Waals surface area contributed by atoms with Crippen molar-refractivity contribution in [1.82, 2.24) is 20.3 Å². The molecule has 0 fully saturated rings. The quantitative estimate of drug-likeness (QED) is 0.325. The van der Waals surface area contributed by atoms with Gasteiger partial charge in [0.25, 0.3) is 5.91 Å². The Balaban J connectivity index is 1.24. The van der Waals surface area contributed by atoms with Gasteiger partial charge in [0, 0.05) is 23.9 Å². The summed E-state index contributed by atoms with van der Waals surface area (Å²) >= 11 is 1.44. The van der Waals surface area contributed by atoms with Crippen LogP contribution in [0.3, 0.4) is 0 Å². The average Bonchev–Trinajstić information content (AvgIpc) is 3.42. The number of unbranched alkanes of at least 4 members (excludes halogenated alkanes) is 1. The van der Waals surface area contributed by atoms with Crippen LogP contribution in [0.2, 0.25) is 0 Å². The van der Waals surface area contributed by atoms with Gasteiger partial charge >= 0.3 is 6.61 Å². The minimum absolute atomic E-state index is 0.0474. The van der Waals surface area contributed by atoms with Crippen molar-refractivity contribution in [3.8, 4) is 5.75 Å². The molecule has 0 radical (unpaired) electrons. The number of nitrogens with one attached hydrogen (secondary N) is 2. The second-order valence-corrected chi connectivity index (χ2v) is 8.15. The lowest BCUT2D eigenvalue weighted by Crippen LogP contribution is -2.23. The van der Waals surface area contributed by atoms with Crippen LogP contribution < -0.4 is 10.1 Å². The molecule has 0 bridgehead atoms. The molecule has 2 N–H and O–H groups in total. The number of halogens is 2. The van der Waals surface area contributed by atoms with E-state index in [4.69, 9.17) is 0 Å². The molecule has 4 aromatic rings. The number of aromatic amines is 1. The fourth-order valence-corrected chi connectivity index (χ4v) is 4.17. The molecule has 0 saturated heterocycles. The van der Waals surface area contributed by atoms with E-state index in [9.17, 15) is 13.6 Å². The molecule has 0 aliphatic carbocycles. The number of aryl methyl sites for hydroxylation is 2. The number of thiazole rings is 1. The van der Waals surface area contributed by atoms with E-state index in [-0.39, 0.29) is 18.2 Å². The number of carbonyl (C=O) groups excluding carboxylic acids is 1. The van der Waals surface area contributed by atoms with Gasteiger partial charge in [-0.1, -0.05) is 30.3 Å². The van der Waals surface area contributed by atoms with E-state index in [1.807, 2.05) is 24.3 Å². The summed E-state index contributed by atoms with van der Waals surface area (Å²) in [5.41, 5.74) is 2.82. The maximum absolute atomic E-state index is 12.5. The molecule has 0 atom stereocenters. The summed E-state index contributed by atoms with van der Waals surface area (Å²) in [4.78, 5) is 24.7. The van der Waals surface area contributed by atoms with Crippen LogP contribution in [0.4, 0.5) is 8.78 Å². The highest BCUT2D eigenvalue weighted by molar-refractivity contribution is 7.09. The number of nitrogens with zero attached hydrogens (tertiary/aromatic N) is 2. The first-order valence-corrected chi connectivity index (χ1v) is 11.2. The first-order chi connectivity index (χ1) is 15.6. The monoisotopic (exact) mass is 456 g/mol. The standard InChI is InChI=1S/C23H22F2N4O2S/c24-23(25)31-19-10-4-1-7-15(19)13-26-22(30)18-14-32-21(29-18)12-6-5-11-20-27-16-8-2-3-9-17(16)28-20/h1-4,7-10,14,23H,5-6,11-13H2,(H,26,30)(H,27,28). The van der Waals surface area contributed by atoms with Gasteiger partial charge in [0.1, 0.15) is 17.3 Å². The largest absolute Gasteiger partial charge is 0.434 e. The average molecular weight is 457 g/mol.